The van der Waals surface area contributed by atoms with E-state index in [1.807, 2.05) is 25.2 Å². The second kappa shape index (κ2) is 3.18. The van der Waals surface area contributed by atoms with Crippen LogP contribution >= 0.6 is 11.3 Å². The second-order valence-corrected chi connectivity index (χ2v) is 3.88. The summed E-state index contributed by atoms with van der Waals surface area (Å²) >= 11 is 1.64. The number of thiazole rings is 1. The first-order valence-corrected chi connectivity index (χ1v) is 4.71. The molecule has 0 aromatic carbocycles. The summed E-state index contributed by atoms with van der Waals surface area (Å²) in [7, 11) is 3.96. The maximum atomic E-state index is 4.27. The van der Waals surface area contributed by atoms with Crippen molar-refractivity contribution < 1.29 is 0 Å². The molecule has 0 bridgehead atoms. The first-order chi connectivity index (χ1) is 6.27. The fraction of sp³-hybridized carbons (Fsp3) is 0.250. The SMILES string of the molecule is CN(C)c1ncc(-c2cnc[nH]2)s1. The van der Waals surface area contributed by atoms with Gasteiger partial charge in [0.2, 0.25) is 0 Å². The Morgan fingerprint density at radius 2 is 2.23 bits per heavy atom. The molecule has 2 aromatic heterocycles. The molecule has 0 atom stereocenters. The van der Waals surface area contributed by atoms with Crippen LogP contribution < -0.4 is 4.90 Å². The highest BCUT2D eigenvalue weighted by atomic mass is 32.1. The number of hydrogen-bond acceptors (Lipinski definition) is 4. The average molecular weight is 194 g/mol. The van der Waals surface area contributed by atoms with Gasteiger partial charge in [0.25, 0.3) is 0 Å². The van der Waals surface area contributed by atoms with Crippen molar-refractivity contribution in [2.45, 2.75) is 0 Å². The van der Waals surface area contributed by atoms with E-state index in [0.29, 0.717) is 0 Å². The third-order valence-corrected chi connectivity index (χ3v) is 2.84. The molecule has 13 heavy (non-hydrogen) atoms. The minimum Gasteiger partial charge on any atom is -0.354 e. The predicted octanol–water partition coefficient (Wildman–Crippen LogP) is 1.60. The van der Waals surface area contributed by atoms with Gasteiger partial charge in [-0.3, -0.25) is 0 Å². The number of rotatable bonds is 2. The Bertz CT molecular complexity index is 377. The van der Waals surface area contributed by atoms with Crippen molar-refractivity contribution >= 4 is 16.5 Å². The maximum Gasteiger partial charge on any atom is 0.185 e. The Morgan fingerprint density at radius 1 is 1.38 bits per heavy atom. The number of aromatic nitrogens is 3. The highest BCUT2D eigenvalue weighted by Gasteiger charge is 2.05. The van der Waals surface area contributed by atoms with Crippen LogP contribution in [-0.4, -0.2) is 29.0 Å². The summed E-state index contributed by atoms with van der Waals surface area (Å²) in [4.78, 5) is 14.4. The molecule has 0 aliphatic carbocycles. The molecule has 4 nitrogen and oxygen atoms in total. The molecule has 0 amide bonds. The fourth-order valence-electron chi connectivity index (χ4n) is 0.987. The number of nitrogens with zero attached hydrogens (tertiary/aromatic N) is 3. The molecule has 1 N–H and O–H groups in total. The molecule has 2 rings (SSSR count). The van der Waals surface area contributed by atoms with Crippen LogP contribution in [0.15, 0.2) is 18.7 Å². The number of nitrogens with one attached hydrogen (secondary N) is 1. The molecule has 0 aliphatic heterocycles. The fourth-order valence-corrected chi connectivity index (χ4v) is 1.80. The third kappa shape index (κ3) is 1.55. The zero-order valence-electron chi connectivity index (χ0n) is 7.48. The van der Waals surface area contributed by atoms with E-state index >= 15 is 0 Å². The van der Waals surface area contributed by atoms with Crippen molar-refractivity contribution in [2.75, 3.05) is 19.0 Å². The number of anilines is 1. The topological polar surface area (TPSA) is 44.8 Å². The van der Waals surface area contributed by atoms with Crippen LogP contribution in [0.3, 0.4) is 0 Å². The average Bonchev–Trinajstić information content (AvgIpc) is 2.75. The van der Waals surface area contributed by atoms with Crippen molar-refractivity contribution in [1.82, 2.24) is 15.0 Å². The largest absolute Gasteiger partial charge is 0.354 e. The van der Waals surface area contributed by atoms with Crippen molar-refractivity contribution in [3.63, 3.8) is 0 Å². The van der Waals surface area contributed by atoms with Gasteiger partial charge in [0.05, 0.1) is 23.1 Å². The minimum absolute atomic E-state index is 1.00. The van der Waals surface area contributed by atoms with Gasteiger partial charge in [0.1, 0.15) is 0 Å². The molecule has 5 heteroatoms. The number of aromatic amines is 1. The highest BCUT2D eigenvalue weighted by Crippen LogP contribution is 2.28. The van der Waals surface area contributed by atoms with Crippen LogP contribution in [0.25, 0.3) is 10.6 Å². The summed E-state index contributed by atoms with van der Waals surface area (Å²) in [5.41, 5.74) is 1.02. The van der Waals surface area contributed by atoms with Crippen LogP contribution in [0.4, 0.5) is 5.13 Å². The smallest absolute Gasteiger partial charge is 0.185 e. The van der Waals surface area contributed by atoms with E-state index in [1.165, 1.54) is 0 Å². The van der Waals surface area contributed by atoms with Crippen LogP contribution in [-0.2, 0) is 0 Å². The van der Waals surface area contributed by atoms with Gasteiger partial charge in [0.15, 0.2) is 5.13 Å². The van der Waals surface area contributed by atoms with Gasteiger partial charge in [0, 0.05) is 20.3 Å². The molecular weight excluding hydrogens is 184 g/mol. The van der Waals surface area contributed by atoms with Gasteiger partial charge in [-0.1, -0.05) is 11.3 Å². The lowest BCUT2D eigenvalue weighted by atomic mass is 10.4. The second-order valence-electron chi connectivity index (χ2n) is 2.87. The monoisotopic (exact) mass is 194 g/mol. The molecule has 0 aliphatic rings. The van der Waals surface area contributed by atoms with Crippen LogP contribution in [0.1, 0.15) is 0 Å². The number of hydrogen-bond donors (Lipinski definition) is 1. The summed E-state index contributed by atoms with van der Waals surface area (Å²) in [6, 6.07) is 0. The van der Waals surface area contributed by atoms with E-state index in [9.17, 15) is 0 Å². The Kier molecular flexibility index (Phi) is 2.02. The van der Waals surface area contributed by atoms with E-state index in [-0.39, 0.29) is 0 Å². The third-order valence-electron chi connectivity index (χ3n) is 1.64. The maximum absolute atomic E-state index is 4.27. The molecule has 68 valence electrons. The molecule has 0 saturated carbocycles. The van der Waals surface area contributed by atoms with Crippen molar-refractivity contribution in [2.24, 2.45) is 0 Å². The summed E-state index contributed by atoms with van der Waals surface area (Å²) < 4.78 is 0. The lowest BCUT2D eigenvalue weighted by Crippen LogP contribution is -2.07. The van der Waals surface area contributed by atoms with E-state index in [2.05, 4.69) is 15.0 Å². The van der Waals surface area contributed by atoms with E-state index < -0.39 is 0 Å². The van der Waals surface area contributed by atoms with E-state index in [0.717, 1.165) is 15.7 Å². The lowest BCUT2D eigenvalue weighted by Gasteiger charge is -2.04. The van der Waals surface area contributed by atoms with Gasteiger partial charge in [-0.05, 0) is 0 Å². The zero-order valence-corrected chi connectivity index (χ0v) is 8.30. The van der Waals surface area contributed by atoms with Gasteiger partial charge in [-0.15, -0.1) is 0 Å². The molecule has 0 fully saturated rings. The summed E-state index contributed by atoms with van der Waals surface area (Å²) in [6.45, 7) is 0. The number of H-pyrrole nitrogens is 1. The van der Waals surface area contributed by atoms with E-state index in [4.69, 9.17) is 0 Å². The summed E-state index contributed by atoms with van der Waals surface area (Å²) in [5, 5.41) is 1.00. The predicted molar refractivity (Wildman–Crippen MR) is 54.0 cm³/mol. The van der Waals surface area contributed by atoms with Crippen LogP contribution in [0.5, 0.6) is 0 Å². The molecular formula is C8H10N4S. The minimum atomic E-state index is 1.00. The Balaban J connectivity index is 2.33. The first-order valence-electron chi connectivity index (χ1n) is 3.89. The van der Waals surface area contributed by atoms with Crippen molar-refractivity contribution in [3.8, 4) is 10.6 Å². The zero-order chi connectivity index (χ0) is 9.26. The molecule has 0 unspecified atom stereocenters. The molecule has 2 aromatic rings. The lowest BCUT2D eigenvalue weighted by molar-refractivity contribution is 1.10. The standard InChI is InChI=1S/C8H10N4S/c1-12(2)8-10-4-7(13-8)6-3-9-5-11-6/h3-5H,1-2H3,(H,9,11). The quantitative estimate of drug-likeness (QED) is 0.789. The van der Waals surface area contributed by atoms with Gasteiger partial charge in [-0.25, -0.2) is 9.97 Å². The van der Waals surface area contributed by atoms with Crippen molar-refractivity contribution in [1.29, 1.82) is 0 Å². The van der Waals surface area contributed by atoms with Gasteiger partial charge < -0.3 is 9.88 Å². The molecule has 0 saturated heterocycles. The van der Waals surface area contributed by atoms with E-state index in [1.54, 1.807) is 23.9 Å². The Labute approximate surface area is 80.3 Å². The van der Waals surface area contributed by atoms with Crippen molar-refractivity contribution in [3.05, 3.63) is 18.7 Å². The summed E-state index contributed by atoms with van der Waals surface area (Å²) in [5.74, 6) is 0. The highest BCUT2D eigenvalue weighted by molar-refractivity contribution is 7.18. The Morgan fingerprint density at radius 3 is 2.77 bits per heavy atom. The number of imidazole rings is 1. The first kappa shape index (κ1) is 8.25. The van der Waals surface area contributed by atoms with Gasteiger partial charge in [-0.2, -0.15) is 0 Å². The normalized spacial score (nSPS) is 10.3. The van der Waals surface area contributed by atoms with Crippen LogP contribution in [0.2, 0.25) is 0 Å². The molecule has 0 radical (unpaired) electrons. The molecule has 2 heterocycles. The Hall–Kier alpha value is -1.36. The van der Waals surface area contributed by atoms with Crippen LogP contribution in [0, 0.1) is 0 Å². The summed E-state index contributed by atoms with van der Waals surface area (Å²) in [6.07, 6.45) is 5.32. The molecule has 0 spiro atoms. The van der Waals surface area contributed by atoms with Gasteiger partial charge >= 0.3 is 0 Å².